The molecule has 0 saturated carbocycles. The Balaban J connectivity index is 1.84. The van der Waals surface area contributed by atoms with Gasteiger partial charge in [-0.3, -0.25) is 13.9 Å². The van der Waals surface area contributed by atoms with E-state index in [-0.39, 0.29) is 5.82 Å². The fourth-order valence-electron chi connectivity index (χ4n) is 3.67. The van der Waals surface area contributed by atoms with Crippen LogP contribution in [0.25, 0.3) is 0 Å². The van der Waals surface area contributed by atoms with Crippen LogP contribution in [0.15, 0.2) is 53.7 Å². The number of nitrogens with one attached hydrogen (secondary N) is 1. The maximum atomic E-state index is 15.2. The standard InChI is InChI=1S/C23H32FN4O8P/c1-5-23(19(29)18(24)20(35-23)28-12-11-17(25)26-22(28)31)13-33-37(32,36-16-9-7-6-8-10-16)27-15(4)21(30)34-14(2)3/h5-7,9,11-12,14-15,18-20,29H,1,8,10,13H2,2-4H3,(H,27,32)(H2,25,26,31)/t15?,18-,19+,20-,23-,37?/m1/s1. The minimum Gasteiger partial charge on any atom is -0.462 e. The van der Waals surface area contributed by atoms with Gasteiger partial charge in [0.05, 0.1) is 12.7 Å². The van der Waals surface area contributed by atoms with Gasteiger partial charge in [0.2, 0.25) is 0 Å². The van der Waals surface area contributed by atoms with Crippen LogP contribution >= 0.6 is 7.75 Å². The van der Waals surface area contributed by atoms with E-state index >= 15 is 4.39 Å². The number of nitrogens with zero attached hydrogens (tertiary/aromatic N) is 2. The van der Waals surface area contributed by atoms with Crippen LogP contribution in [0.4, 0.5) is 10.2 Å². The van der Waals surface area contributed by atoms with Crippen molar-refractivity contribution in [3.05, 3.63) is 59.4 Å². The van der Waals surface area contributed by atoms with Crippen molar-refractivity contribution >= 4 is 19.5 Å². The maximum absolute atomic E-state index is 15.2. The van der Waals surface area contributed by atoms with Crippen LogP contribution in [-0.2, 0) is 27.9 Å². The van der Waals surface area contributed by atoms with Crippen molar-refractivity contribution in [2.24, 2.45) is 0 Å². The average molecular weight is 543 g/mol. The van der Waals surface area contributed by atoms with Gasteiger partial charge in [0.1, 0.15) is 29.3 Å². The van der Waals surface area contributed by atoms with Crippen LogP contribution in [0.5, 0.6) is 0 Å². The van der Waals surface area contributed by atoms with Crippen molar-refractivity contribution in [3.8, 4) is 0 Å². The molecular weight excluding hydrogens is 510 g/mol. The number of aliphatic hydroxyl groups is 1. The number of carbonyl (C=O) groups excluding carboxylic acids is 1. The number of carbonyl (C=O) groups is 1. The van der Waals surface area contributed by atoms with E-state index in [0.717, 1.165) is 10.6 Å². The smallest absolute Gasteiger partial charge is 0.459 e. The second-order valence-electron chi connectivity index (χ2n) is 8.90. The van der Waals surface area contributed by atoms with Gasteiger partial charge in [-0.25, -0.2) is 13.8 Å². The van der Waals surface area contributed by atoms with E-state index in [2.05, 4.69) is 16.7 Å². The second kappa shape index (κ2) is 11.7. The topological polar surface area (TPSA) is 164 Å². The molecule has 12 nitrogen and oxygen atoms in total. The minimum absolute atomic E-state index is 0.0744. The molecular formula is C23H32FN4O8P. The Bertz CT molecular complexity index is 1170. The summed E-state index contributed by atoms with van der Waals surface area (Å²) in [6, 6.07) is 0.160. The Morgan fingerprint density at radius 2 is 2.24 bits per heavy atom. The number of esters is 1. The van der Waals surface area contributed by atoms with Gasteiger partial charge in [-0.05, 0) is 39.3 Å². The predicted octanol–water partition coefficient (Wildman–Crippen LogP) is 2.28. The Labute approximate surface area is 213 Å². The highest BCUT2D eigenvalue weighted by molar-refractivity contribution is 7.51. The number of allylic oxidation sites excluding steroid dienone is 4. The number of halogens is 1. The van der Waals surface area contributed by atoms with Gasteiger partial charge >= 0.3 is 19.4 Å². The van der Waals surface area contributed by atoms with Crippen molar-refractivity contribution in [1.29, 1.82) is 0 Å². The van der Waals surface area contributed by atoms with E-state index < -0.39 is 62.3 Å². The molecule has 1 aliphatic carbocycles. The van der Waals surface area contributed by atoms with Crippen LogP contribution in [0.2, 0.25) is 0 Å². The molecule has 1 aromatic heterocycles. The molecule has 0 spiro atoms. The first-order valence-corrected chi connectivity index (χ1v) is 13.2. The maximum Gasteiger partial charge on any atom is 0.459 e. The summed E-state index contributed by atoms with van der Waals surface area (Å²) < 4.78 is 51.8. The fourth-order valence-corrected chi connectivity index (χ4v) is 5.27. The first-order valence-electron chi connectivity index (χ1n) is 11.7. The summed E-state index contributed by atoms with van der Waals surface area (Å²) in [6.07, 6.45) is 2.52. The Hall–Kier alpha value is -2.83. The molecule has 204 valence electrons. The molecule has 1 aromatic rings. The minimum atomic E-state index is -4.32. The molecule has 2 heterocycles. The highest BCUT2D eigenvalue weighted by Crippen LogP contribution is 2.50. The van der Waals surface area contributed by atoms with Crippen molar-refractivity contribution < 1.29 is 37.4 Å². The van der Waals surface area contributed by atoms with E-state index in [4.69, 9.17) is 24.3 Å². The summed E-state index contributed by atoms with van der Waals surface area (Å²) in [5.74, 6) is -0.451. The van der Waals surface area contributed by atoms with Crippen molar-refractivity contribution in [2.75, 3.05) is 12.3 Å². The van der Waals surface area contributed by atoms with Crippen LogP contribution < -0.4 is 16.5 Å². The van der Waals surface area contributed by atoms with Gasteiger partial charge in [-0.1, -0.05) is 18.2 Å². The number of hydrogen-bond acceptors (Lipinski definition) is 10. The number of alkyl halides is 1. The van der Waals surface area contributed by atoms with Crippen molar-refractivity contribution in [3.63, 3.8) is 0 Å². The van der Waals surface area contributed by atoms with Crippen molar-refractivity contribution in [1.82, 2.24) is 14.6 Å². The molecule has 4 N–H and O–H groups in total. The fraction of sp³-hybridized carbons (Fsp3) is 0.522. The van der Waals surface area contributed by atoms with Crippen LogP contribution in [-0.4, -0.2) is 57.3 Å². The van der Waals surface area contributed by atoms with E-state index in [1.807, 2.05) is 6.08 Å². The summed E-state index contributed by atoms with van der Waals surface area (Å²) in [7, 11) is -4.32. The number of hydrogen-bond donors (Lipinski definition) is 3. The monoisotopic (exact) mass is 542 g/mol. The Kier molecular flexibility index (Phi) is 9.09. The largest absolute Gasteiger partial charge is 0.462 e. The number of anilines is 1. The Morgan fingerprint density at radius 1 is 1.51 bits per heavy atom. The number of nitrogen functional groups attached to an aromatic ring is 1. The van der Waals surface area contributed by atoms with Crippen molar-refractivity contribution in [2.45, 2.75) is 69.9 Å². The number of ether oxygens (including phenoxy) is 2. The highest BCUT2D eigenvalue weighted by atomic mass is 31.2. The molecule has 1 fully saturated rings. The van der Waals surface area contributed by atoms with Crippen LogP contribution in [0, 0.1) is 0 Å². The zero-order valence-electron chi connectivity index (χ0n) is 20.8. The van der Waals surface area contributed by atoms with Gasteiger partial charge in [-0.2, -0.15) is 10.1 Å². The number of aliphatic hydroxyl groups excluding tert-OH is 1. The van der Waals surface area contributed by atoms with Crippen LogP contribution in [0.3, 0.4) is 0 Å². The quantitative estimate of drug-likeness (QED) is 0.213. The summed E-state index contributed by atoms with van der Waals surface area (Å²) >= 11 is 0. The molecule has 1 saturated heterocycles. The Morgan fingerprint density at radius 3 is 2.84 bits per heavy atom. The summed E-state index contributed by atoms with van der Waals surface area (Å²) in [5, 5.41) is 13.2. The van der Waals surface area contributed by atoms with Gasteiger partial charge in [0.25, 0.3) is 0 Å². The first kappa shape index (κ1) is 28.7. The lowest BCUT2D eigenvalue weighted by atomic mass is 9.97. The van der Waals surface area contributed by atoms with E-state index in [1.54, 1.807) is 26.0 Å². The molecule has 3 rings (SSSR count). The average Bonchev–Trinajstić information content (AvgIpc) is 3.08. The molecule has 37 heavy (non-hydrogen) atoms. The highest BCUT2D eigenvalue weighted by Gasteiger charge is 2.56. The normalized spacial score (nSPS) is 27.8. The third-order valence-electron chi connectivity index (χ3n) is 5.62. The predicted molar refractivity (Wildman–Crippen MR) is 132 cm³/mol. The van der Waals surface area contributed by atoms with Gasteiger partial charge < -0.3 is 24.8 Å². The van der Waals surface area contributed by atoms with Gasteiger partial charge in [0.15, 0.2) is 12.4 Å². The number of rotatable bonds is 11. The molecule has 2 unspecified atom stereocenters. The number of aromatic nitrogens is 2. The summed E-state index contributed by atoms with van der Waals surface area (Å²) in [5.41, 5.74) is 2.66. The molecule has 0 amide bonds. The molecule has 0 radical (unpaired) electrons. The molecule has 0 aromatic carbocycles. The van der Waals surface area contributed by atoms with Gasteiger partial charge in [-0.15, -0.1) is 6.58 Å². The zero-order chi connectivity index (χ0) is 27.4. The SMILES string of the molecule is C=C[C@]1(COP(=O)(NC(C)C(=O)OC(C)C)OC2=CC=CCC2)O[C@@H](n2ccc(N)nc2=O)[C@H](F)[C@@H]1O. The lowest BCUT2D eigenvalue weighted by Gasteiger charge is -2.31. The lowest BCUT2D eigenvalue weighted by Crippen LogP contribution is -2.45. The van der Waals surface area contributed by atoms with Gasteiger partial charge in [0, 0.05) is 12.6 Å². The van der Waals surface area contributed by atoms with E-state index in [9.17, 15) is 19.3 Å². The molecule has 2 aliphatic rings. The number of nitrogens with two attached hydrogens (primary N) is 1. The lowest BCUT2D eigenvalue weighted by molar-refractivity contribution is -0.149. The molecule has 14 heteroatoms. The first-order chi connectivity index (χ1) is 17.4. The summed E-state index contributed by atoms with van der Waals surface area (Å²) in [4.78, 5) is 28.1. The summed E-state index contributed by atoms with van der Waals surface area (Å²) in [6.45, 7) is 7.64. The zero-order valence-corrected chi connectivity index (χ0v) is 21.7. The van der Waals surface area contributed by atoms with E-state index in [1.165, 1.54) is 19.2 Å². The van der Waals surface area contributed by atoms with E-state index in [0.29, 0.717) is 18.6 Å². The second-order valence-corrected chi connectivity index (χ2v) is 10.6. The third-order valence-corrected chi connectivity index (χ3v) is 7.26. The molecule has 1 aliphatic heterocycles. The molecule has 0 bridgehead atoms. The van der Waals surface area contributed by atoms with Crippen LogP contribution in [0.1, 0.15) is 39.8 Å². The molecule has 6 atom stereocenters. The third kappa shape index (κ3) is 6.74.